The van der Waals surface area contributed by atoms with Gasteiger partial charge >= 0.3 is 0 Å². The number of amides is 2. The van der Waals surface area contributed by atoms with Crippen molar-refractivity contribution in [2.45, 2.75) is 12.5 Å². The molecule has 1 aromatic heterocycles. The van der Waals surface area contributed by atoms with Crippen molar-refractivity contribution in [3.05, 3.63) is 48.4 Å². The number of anilines is 2. The first kappa shape index (κ1) is 19.6. The minimum Gasteiger partial charge on any atom is -0.506 e. The van der Waals surface area contributed by atoms with Crippen LogP contribution in [0.2, 0.25) is 0 Å². The van der Waals surface area contributed by atoms with Crippen molar-refractivity contribution >= 4 is 41.0 Å². The maximum atomic E-state index is 12.1. The molecule has 0 aliphatic rings. The zero-order chi connectivity index (χ0) is 18.9. The summed E-state index contributed by atoms with van der Waals surface area (Å²) in [5.74, 6) is 0.438. The lowest BCUT2D eigenvalue weighted by molar-refractivity contribution is -0.117. The van der Waals surface area contributed by atoms with Crippen LogP contribution in [0.15, 0.2) is 47.1 Å². The molecule has 5 N–H and O–H groups in total. The Hall–Kier alpha value is -2.71. The maximum absolute atomic E-state index is 12.1. The smallest absolute Gasteiger partial charge is 0.248 e. The Kier molecular flexibility index (Phi) is 7.31. The molecule has 8 heteroatoms. The summed E-state index contributed by atoms with van der Waals surface area (Å²) in [6.07, 6.45) is 6.83. The molecule has 1 aromatic carbocycles. The van der Waals surface area contributed by atoms with Gasteiger partial charge in [-0.3, -0.25) is 9.59 Å². The van der Waals surface area contributed by atoms with Crippen LogP contribution >= 0.6 is 11.8 Å². The highest BCUT2D eigenvalue weighted by molar-refractivity contribution is 7.98. The average Bonchev–Trinajstić information content (AvgIpc) is 3.14. The van der Waals surface area contributed by atoms with E-state index in [1.165, 1.54) is 36.6 Å². The Morgan fingerprint density at radius 2 is 2.15 bits per heavy atom. The summed E-state index contributed by atoms with van der Waals surface area (Å²) in [5.41, 5.74) is 6.42. The van der Waals surface area contributed by atoms with Gasteiger partial charge in [-0.05, 0) is 54.8 Å². The standard InChI is InChI=1S/C18H21N3O4S/c1-26-10-8-14(19)18(24)21-15-11-12(4-6-16(15)22)20-17(23)7-5-13-3-2-9-25-13/h2-7,9,11,14,22H,8,10,19H2,1H3,(H,20,23)(H,21,24)/b7-5+/t14-/m0/s1. The van der Waals surface area contributed by atoms with E-state index in [1.54, 1.807) is 23.9 Å². The largest absolute Gasteiger partial charge is 0.506 e. The number of benzene rings is 1. The third-order valence-corrected chi connectivity index (χ3v) is 4.08. The van der Waals surface area contributed by atoms with Gasteiger partial charge < -0.3 is 25.9 Å². The lowest BCUT2D eigenvalue weighted by Crippen LogP contribution is -2.36. The third-order valence-electron chi connectivity index (χ3n) is 3.43. The Morgan fingerprint density at radius 3 is 2.85 bits per heavy atom. The molecular formula is C18H21N3O4S. The van der Waals surface area contributed by atoms with Gasteiger partial charge in [-0.15, -0.1) is 0 Å². The van der Waals surface area contributed by atoms with E-state index in [-0.39, 0.29) is 17.3 Å². The first-order chi connectivity index (χ1) is 12.5. The molecule has 138 valence electrons. The summed E-state index contributed by atoms with van der Waals surface area (Å²) in [4.78, 5) is 24.0. The van der Waals surface area contributed by atoms with E-state index in [0.29, 0.717) is 17.9 Å². The molecule has 1 atom stereocenters. The van der Waals surface area contributed by atoms with Gasteiger partial charge in [-0.2, -0.15) is 11.8 Å². The van der Waals surface area contributed by atoms with Crippen molar-refractivity contribution in [3.8, 4) is 5.75 Å². The van der Waals surface area contributed by atoms with E-state index in [9.17, 15) is 14.7 Å². The number of phenolic OH excluding ortho intramolecular Hbond substituents is 1. The summed E-state index contributed by atoms with van der Waals surface area (Å²) in [5, 5.41) is 15.1. The highest BCUT2D eigenvalue weighted by Gasteiger charge is 2.15. The van der Waals surface area contributed by atoms with Gasteiger partial charge in [0.05, 0.1) is 18.0 Å². The second-order valence-corrected chi connectivity index (χ2v) is 6.43. The molecule has 0 aliphatic heterocycles. The number of aromatic hydroxyl groups is 1. The normalized spacial score (nSPS) is 12.1. The number of nitrogens with two attached hydrogens (primary N) is 1. The Balaban J connectivity index is 1.99. The topological polar surface area (TPSA) is 118 Å². The molecule has 0 unspecified atom stereocenters. The minimum atomic E-state index is -0.670. The molecule has 0 fully saturated rings. The molecule has 0 spiro atoms. The number of rotatable bonds is 8. The second-order valence-electron chi connectivity index (χ2n) is 5.45. The first-order valence-electron chi connectivity index (χ1n) is 7.90. The van der Waals surface area contributed by atoms with Gasteiger partial charge in [0, 0.05) is 11.8 Å². The van der Waals surface area contributed by atoms with Gasteiger partial charge in [-0.1, -0.05) is 0 Å². The van der Waals surface area contributed by atoms with Gasteiger partial charge in [0.25, 0.3) is 0 Å². The van der Waals surface area contributed by atoms with Crippen molar-refractivity contribution < 1.29 is 19.1 Å². The lowest BCUT2D eigenvalue weighted by atomic mass is 10.2. The van der Waals surface area contributed by atoms with E-state index >= 15 is 0 Å². The SMILES string of the molecule is CSCC[C@H](N)C(=O)Nc1cc(NC(=O)/C=C/c2ccco2)ccc1O. The quantitative estimate of drug-likeness (QED) is 0.320. The third kappa shape index (κ3) is 5.98. The van der Waals surface area contributed by atoms with E-state index in [4.69, 9.17) is 10.2 Å². The number of carbonyl (C=O) groups excluding carboxylic acids is 2. The molecule has 2 aromatic rings. The molecule has 26 heavy (non-hydrogen) atoms. The summed E-state index contributed by atoms with van der Waals surface area (Å²) in [6.45, 7) is 0. The van der Waals surface area contributed by atoms with Gasteiger partial charge in [0.1, 0.15) is 11.5 Å². The molecule has 1 heterocycles. The average molecular weight is 375 g/mol. The summed E-state index contributed by atoms with van der Waals surface area (Å²) >= 11 is 1.60. The number of hydrogen-bond donors (Lipinski definition) is 4. The Morgan fingerprint density at radius 1 is 1.35 bits per heavy atom. The van der Waals surface area contributed by atoms with Crippen LogP contribution in [-0.2, 0) is 9.59 Å². The number of nitrogens with one attached hydrogen (secondary N) is 2. The molecule has 2 amide bonds. The zero-order valence-corrected chi connectivity index (χ0v) is 15.1. The van der Waals surface area contributed by atoms with Crippen molar-refractivity contribution in [2.24, 2.45) is 5.73 Å². The molecule has 0 radical (unpaired) electrons. The maximum Gasteiger partial charge on any atom is 0.248 e. The molecule has 2 rings (SSSR count). The Labute approximate surface area is 155 Å². The van der Waals surface area contributed by atoms with E-state index in [0.717, 1.165) is 5.75 Å². The second kappa shape index (κ2) is 9.69. The molecule has 0 bridgehead atoms. The van der Waals surface area contributed by atoms with Crippen LogP contribution in [0.3, 0.4) is 0 Å². The number of hydrogen-bond acceptors (Lipinski definition) is 6. The number of phenols is 1. The van der Waals surface area contributed by atoms with Crippen LogP contribution < -0.4 is 16.4 Å². The molecule has 0 saturated heterocycles. The first-order valence-corrected chi connectivity index (χ1v) is 9.30. The summed E-state index contributed by atoms with van der Waals surface area (Å²) in [7, 11) is 0. The fraction of sp³-hybridized carbons (Fsp3) is 0.222. The Bertz CT molecular complexity index is 775. The lowest BCUT2D eigenvalue weighted by Gasteiger charge is -2.13. The van der Waals surface area contributed by atoms with Gasteiger partial charge in [0.2, 0.25) is 11.8 Å². The van der Waals surface area contributed by atoms with Crippen molar-refractivity contribution in [3.63, 3.8) is 0 Å². The van der Waals surface area contributed by atoms with Crippen LogP contribution in [0.1, 0.15) is 12.2 Å². The van der Waals surface area contributed by atoms with Crippen LogP contribution in [-0.4, -0.2) is 35.0 Å². The van der Waals surface area contributed by atoms with E-state index in [2.05, 4.69) is 10.6 Å². The van der Waals surface area contributed by atoms with E-state index in [1.807, 2.05) is 6.26 Å². The molecule has 0 saturated carbocycles. The van der Waals surface area contributed by atoms with Crippen LogP contribution in [0.25, 0.3) is 6.08 Å². The number of furan rings is 1. The molecular weight excluding hydrogens is 354 g/mol. The predicted octanol–water partition coefficient (Wildman–Crippen LogP) is 2.66. The molecule has 0 aliphatic carbocycles. The zero-order valence-electron chi connectivity index (χ0n) is 14.3. The van der Waals surface area contributed by atoms with Crippen LogP contribution in [0.4, 0.5) is 11.4 Å². The minimum absolute atomic E-state index is 0.112. The highest BCUT2D eigenvalue weighted by Crippen LogP contribution is 2.27. The molecule has 7 nitrogen and oxygen atoms in total. The summed E-state index contributed by atoms with van der Waals surface area (Å²) in [6, 6.07) is 7.14. The van der Waals surface area contributed by atoms with Gasteiger partial charge in [0.15, 0.2) is 0 Å². The highest BCUT2D eigenvalue weighted by atomic mass is 32.2. The number of carbonyl (C=O) groups is 2. The monoisotopic (exact) mass is 375 g/mol. The number of thioether (sulfide) groups is 1. The van der Waals surface area contributed by atoms with Gasteiger partial charge in [-0.25, -0.2) is 0 Å². The fourth-order valence-electron chi connectivity index (χ4n) is 2.04. The van der Waals surface area contributed by atoms with E-state index < -0.39 is 11.9 Å². The van der Waals surface area contributed by atoms with Crippen LogP contribution in [0.5, 0.6) is 5.75 Å². The van der Waals surface area contributed by atoms with Crippen LogP contribution in [0, 0.1) is 0 Å². The predicted molar refractivity (Wildman–Crippen MR) is 104 cm³/mol. The fourth-order valence-corrected chi connectivity index (χ4v) is 2.53. The van der Waals surface area contributed by atoms with Crippen molar-refractivity contribution in [1.29, 1.82) is 0 Å². The summed E-state index contributed by atoms with van der Waals surface area (Å²) < 4.78 is 5.10. The van der Waals surface area contributed by atoms with Crippen molar-refractivity contribution in [1.82, 2.24) is 0 Å². The van der Waals surface area contributed by atoms with Crippen molar-refractivity contribution in [2.75, 3.05) is 22.6 Å².